The van der Waals surface area contributed by atoms with E-state index in [1.165, 1.54) is 16.4 Å². The van der Waals surface area contributed by atoms with Crippen LogP contribution in [0.5, 0.6) is 11.5 Å². The number of halogens is 3. The molecule has 1 N–H and O–H groups in total. The number of likely N-dealkylation sites (tertiary alicyclic amines) is 1. The lowest BCUT2D eigenvalue weighted by Gasteiger charge is -2.42. The van der Waals surface area contributed by atoms with E-state index in [9.17, 15) is 31.5 Å². The van der Waals surface area contributed by atoms with Gasteiger partial charge in [0.1, 0.15) is 17.6 Å². The molecule has 206 valence electrons. The highest BCUT2D eigenvalue weighted by molar-refractivity contribution is 7.91. The highest BCUT2D eigenvalue weighted by atomic mass is 32.2. The number of aliphatic carboxylic acids is 1. The maximum absolute atomic E-state index is 13.4. The molecular formula is C23H35F3N2O7S. The first-order valence-corrected chi connectivity index (χ1v) is 13.4. The molecule has 0 spiro atoms. The Kier molecular flexibility index (Phi) is 10.8. The summed E-state index contributed by atoms with van der Waals surface area (Å²) < 4.78 is 77.6. The quantitative estimate of drug-likeness (QED) is 0.509. The van der Waals surface area contributed by atoms with Crippen molar-refractivity contribution >= 4 is 16.0 Å². The minimum atomic E-state index is -4.78. The number of sulfonamides is 1. The number of hydrogen-bond acceptors (Lipinski definition) is 7. The second-order valence-electron chi connectivity index (χ2n) is 8.37. The number of alkyl halides is 3. The Labute approximate surface area is 210 Å². The number of piperidine rings is 2. The molecule has 1 aromatic rings. The van der Waals surface area contributed by atoms with Crippen molar-refractivity contribution in [3.63, 3.8) is 0 Å². The number of methoxy groups -OCH3 is 1. The van der Waals surface area contributed by atoms with Crippen molar-refractivity contribution < 1.29 is 45.7 Å². The monoisotopic (exact) mass is 540 g/mol. The molecule has 2 aliphatic heterocycles. The molecule has 0 saturated carbocycles. The standard InChI is InChI=1S/C21H29F3N2O7S.C2H6/c1-31-15-14-25-12-8-20(9-13-25,19(27)28)34(29,30)26-10-6-17(7-11-26)32-16-2-4-18(5-3-16)33-21(22,23)24;1-2/h2-5,17H,6-15H2,1H3,(H,27,28);1-2H3. The molecule has 0 radical (unpaired) electrons. The van der Waals surface area contributed by atoms with E-state index in [0.717, 1.165) is 12.1 Å². The number of nitrogens with zero attached hydrogens (tertiary/aromatic N) is 2. The Hall–Kier alpha value is -2.09. The van der Waals surface area contributed by atoms with Gasteiger partial charge >= 0.3 is 12.3 Å². The minimum absolute atomic E-state index is 0.00282. The number of ether oxygens (including phenoxy) is 3. The van der Waals surface area contributed by atoms with Crippen LogP contribution in [0.1, 0.15) is 39.5 Å². The molecule has 0 amide bonds. The molecule has 0 atom stereocenters. The normalized spacial score (nSPS) is 19.7. The zero-order valence-electron chi connectivity index (χ0n) is 20.8. The summed E-state index contributed by atoms with van der Waals surface area (Å²) in [6.45, 7) is 6.00. The third-order valence-corrected chi connectivity index (χ3v) is 8.88. The smallest absolute Gasteiger partial charge is 0.490 e. The number of carboxylic acids is 1. The summed E-state index contributed by atoms with van der Waals surface area (Å²) in [5.74, 6) is -1.37. The molecule has 0 bridgehead atoms. The molecule has 2 fully saturated rings. The first-order valence-electron chi connectivity index (χ1n) is 11.9. The van der Waals surface area contributed by atoms with Crippen molar-refractivity contribution in [3.05, 3.63) is 24.3 Å². The van der Waals surface area contributed by atoms with Crippen LogP contribution in [0.25, 0.3) is 0 Å². The number of rotatable bonds is 9. The predicted octanol–water partition coefficient (Wildman–Crippen LogP) is 3.35. The molecule has 2 saturated heterocycles. The van der Waals surface area contributed by atoms with Gasteiger partial charge in [-0.15, -0.1) is 13.2 Å². The fraction of sp³-hybridized carbons (Fsp3) is 0.696. The summed E-state index contributed by atoms with van der Waals surface area (Å²) in [5.41, 5.74) is 0. The Morgan fingerprint density at radius 2 is 1.58 bits per heavy atom. The van der Waals surface area contributed by atoms with E-state index in [-0.39, 0.29) is 37.8 Å². The highest BCUT2D eigenvalue weighted by Gasteiger charge is 2.55. The van der Waals surface area contributed by atoms with Crippen LogP contribution in [0.2, 0.25) is 0 Å². The SMILES string of the molecule is CC.COCCN1CCC(C(=O)O)(S(=O)(=O)N2CCC(Oc3ccc(OC(F)(F)F)cc3)CC2)CC1. The molecule has 0 aromatic heterocycles. The maximum atomic E-state index is 13.4. The largest absolute Gasteiger partial charge is 0.573 e. The van der Waals surface area contributed by atoms with E-state index in [1.807, 2.05) is 18.7 Å². The summed E-state index contributed by atoms with van der Waals surface area (Å²) in [5, 5.41) is 9.90. The van der Waals surface area contributed by atoms with Crippen LogP contribution in [0, 0.1) is 0 Å². The topological polar surface area (TPSA) is 106 Å². The van der Waals surface area contributed by atoms with Crippen LogP contribution in [0.3, 0.4) is 0 Å². The van der Waals surface area contributed by atoms with Gasteiger partial charge in [-0.2, -0.15) is 0 Å². The number of carboxylic acid groups (broad SMARTS) is 1. The Morgan fingerprint density at radius 3 is 2.06 bits per heavy atom. The Morgan fingerprint density at radius 1 is 1.06 bits per heavy atom. The minimum Gasteiger partial charge on any atom is -0.490 e. The lowest BCUT2D eigenvalue weighted by atomic mass is 9.96. The summed E-state index contributed by atoms with van der Waals surface area (Å²) in [4.78, 5) is 14.1. The van der Waals surface area contributed by atoms with E-state index in [4.69, 9.17) is 9.47 Å². The van der Waals surface area contributed by atoms with Gasteiger partial charge in [-0.1, -0.05) is 13.8 Å². The van der Waals surface area contributed by atoms with Crippen LogP contribution < -0.4 is 9.47 Å². The van der Waals surface area contributed by atoms with E-state index in [0.29, 0.717) is 44.8 Å². The molecule has 2 aliphatic rings. The molecule has 3 rings (SSSR count). The number of benzene rings is 1. The second-order valence-corrected chi connectivity index (χ2v) is 10.6. The molecule has 0 unspecified atom stereocenters. The van der Waals surface area contributed by atoms with E-state index < -0.39 is 27.1 Å². The second kappa shape index (κ2) is 12.9. The number of hydrogen-bond donors (Lipinski definition) is 1. The van der Waals surface area contributed by atoms with E-state index in [1.54, 1.807) is 7.11 Å². The molecule has 9 nitrogen and oxygen atoms in total. The van der Waals surface area contributed by atoms with Gasteiger partial charge in [-0.3, -0.25) is 4.79 Å². The van der Waals surface area contributed by atoms with Gasteiger partial charge in [0, 0.05) is 39.8 Å². The van der Waals surface area contributed by atoms with E-state index >= 15 is 0 Å². The van der Waals surface area contributed by atoms with Gasteiger partial charge in [0.25, 0.3) is 0 Å². The summed E-state index contributed by atoms with van der Waals surface area (Å²) in [6.07, 6.45) is -4.48. The molecule has 2 heterocycles. The third kappa shape index (κ3) is 7.46. The predicted molar refractivity (Wildman–Crippen MR) is 127 cm³/mol. The maximum Gasteiger partial charge on any atom is 0.573 e. The molecule has 13 heteroatoms. The Bertz CT molecular complexity index is 926. The molecule has 0 aliphatic carbocycles. The fourth-order valence-corrected chi connectivity index (χ4v) is 6.40. The zero-order valence-corrected chi connectivity index (χ0v) is 21.6. The summed E-state index contributed by atoms with van der Waals surface area (Å²) in [6, 6.07) is 4.97. The van der Waals surface area contributed by atoms with Gasteiger partial charge in [-0.25, -0.2) is 12.7 Å². The van der Waals surface area contributed by atoms with Crippen LogP contribution in [-0.2, 0) is 19.6 Å². The van der Waals surface area contributed by atoms with Crippen molar-refractivity contribution in [2.75, 3.05) is 46.4 Å². The zero-order chi connectivity index (χ0) is 27.0. The summed E-state index contributed by atoms with van der Waals surface area (Å²) in [7, 11) is -2.54. The summed E-state index contributed by atoms with van der Waals surface area (Å²) >= 11 is 0. The average Bonchev–Trinajstić information content (AvgIpc) is 2.85. The van der Waals surface area contributed by atoms with Gasteiger partial charge < -0.3 is 24.2 Å². The van der Waals surface area contributed by atoms with Gasteiger partial charge in [0.2, 0.25) is 10.0 Å². The lowest BCUT2D eigenvalue weighted by molar-refractivity contribution is -0.274. The first kappa shape index (κ1) is 30.1. The van der Waals surface area contributed by atoms with Crippen molar-refractivity contribution in [2.24, 2.45) is 0 Å². The van der Waals surface area contributed by atoms with Crippen LogP contribution in [0.15, 0.2) is 24.3 Å². The van der Waals surface area contributed by atoms with Crippen LogP contribution in [0.4, 0.5) is 13.2 Å². The lowest BCUT2D eigenvalue weighted by Crippen LogP contribution is -2.60. The van der Waals surface area contributed by atoms with Crippen molar-refractivity contribution in [1.29, 1.82) is 0 Å². The average molecular weight is 541 g/mol. The molecule has 1 aromatic carbocycles. The van der Waals surface area contributed by atoms with Gasteiger partial charge in [-0.05, 0) is 49.9 Å². The number of carbonyl (C=O) groups is 1. The fourth-order valence-electron chi connectivity index (χ4n) is 4.29. The van der Waals surface area contributed by atoms with E-state index in [2.05, 4.69) is 4.74 Å². The Balaban J connectivity index is 0.00000222. The van der Waals surface area contributed by atoms with Crippen LogP contribution in [-0.4, -0.2) is 92.4 Å². The molecule has 36 heavy (non-hydrogen) atoms. The van der Waals surface area contributed by atoms with Crippen molar-refractivity contribution in [2.45, 2.75) is 56.7 Å². The van der Waals surface area contributed by atoms with Crippen molar-refractivity contribution in [1.82, 2.24) is 9.21 Å². The molecular weight excluding hydrogens is 505 g/mol. The van der Waals surface area contributed by atoms with Crippen molar-refractivity contribution in [3.8, 4) is 11.5 Å². The van der Waals surface area contributed by atoms with Crippen LogP contribution >= 0.6 is 0 Å². The third-order valence-electron chi connectivity index (χ3n) is 6.26. The highest BCUT2D eigenvalue weighted by Crippen LogP contribution is 2.35. The van der Waals surface area contributed by atoms with Gasteiger partial charge in [0.05, 0.1) is 6.61 Å². The van der Waals surface area contributed by atoms with Gasteiger partial charge in [0.15, 0.2) is 4.75 Å². The first-order chi connectivity index (χ1) is 17.0.